The third-order valence-corrected chi connectivity index (χ3v) is 4.77. The van der Waals surface area contributed by atoms with Crippen LogP contribution in [0.25, 0.3) is 11.1 Å². The first-order valence-electron chi connectivity index (χ1n) is 9.73. The molecule has 6 nitrogen and oxygen atoms in total. The third kappa shape index (κ3) is 4.75. The molecule has 0 spiro atoms. The molecule has 0 aliphatic rings. The van der Waals surface area contributed by atoms with Crippen LogP contribution in [-0.4, -0.2) is 41.1 Å². The average molecular weight is 380 g/mol. The van der Waals surface area contributed by atoms with Gasteiger partial charge < -0.3 is 14.7 Å². The number of amides is 1. The largest absolute Gasteiger partial charge is 0.352 e. The van der Waals surface area contributed by atoms with Gasteiger partial charge in [-0.2, -0.15) is 0 Å². The van der Waals surface area contributed by atoms with E-state index in [1.54, 1.807) is 0 Å². The van der Waals surface area contributed by atoms with E-state index in [4.69, 9.17) is 4.52 Å². The molecule has 2 heterocycles. The molecule has 1 amide bonds. The molecule has 0 unspecified atom stereocenters. The first kappa shape index (κ1) is 20.0. The van der Waals surface area contributed by atoms with Gasteiger partial charge in [-0.15, -0.1) is 0 Å². The van der Waals surface area contributed by atoms with Gasteiger partial charge in [0.1, 0.15) is 0 Å². The van der Waals surface area contributed by atoms with E-state index < -0.39 is 0 Å². The number of pyridine rings is 1. The Bertz CT molecular complexity index is 934. The Balaban J connectivity index is 1.58. The van der Waals surface area contributed by atoms with Crippen molar-refractivity contribution in [3.8, 4) is 0 Å². The van der Waals surface area contributed by atoms with Crippen LogP contribution in [0.15, 0.2) is 40.9 Å². The molecule has 148 valence electrons. The minimum Gasteiger partial charge on any atom is -0.352 e. The standard InChI is InChI=1S/C22H28N4O2/c1-15(2)19-13-18(20-16(3)25-28-22(20)24-19)21(27)23-11-8-12-26(4)14-17-9-6-5-7-10-17/h5-7,9-10,13,15H,8,11-12,14H2,1-4H3,(H,23,27). The van der Waals surface area contributed by atoms with Crippen LogP contribution >= 0.6 is 0 Å². The number of nitrogens with zero attached hydrogens (tertiary/aromatic N) is 3. The Hall–Kier alpha value is -2.73. The number of rotatable bonds is 8. The summed E-state index contributed by atoms with van der Waals surface area (Å²) in [5, 5.41) is 7.70. The van der Waals surface area contributed by atoms with Crippen LogP contribution in [0.5, 0.6) is 0 Å². The van der Waals surface area contributed by atoms with Crippen LogP contribution in [0, 0.1) is 6.92 Å². The molecule has 1 N–H and O–H groups in total. The predicted octanol–water partition coefficient (Wildman–Crippen LogP) is 3.91. The Kier molecular flexibility index (Phi) is 6.41. The highest BCUT2D eigenvalue weighted by Crippen LogP contribution is 2.25. The van der Waals surface area contributed by atoms with Gasteiger partial charge in [0.25, 0.3) is 11.6 Å². The van der Waals surface area contributed by atoms with E-state index in [-0.39, 0.29) is 11.8 Å². The Labute approximate surface area is 165 Å². The van der Waals surface area contributed by atoms with Gasteiger partial charge in [0, 0.05) is 18.8 Å². The van der Waals surface area contributed by atoms with E-state index in [0.29, 0.717) is 28.9 Å². The molecule has 3 aromatic rings. The zero-order valence-electron chi connectivity index (χ0n) is 17.0. The highest BCUT2D eigenvalue weighted by atomic mass is 16.5. The molecule has 0 saturated heterocycles. The fourth-order valence-electron chi connectivity index (χ4n) is 3.21. The van der Waals surface area contributed by atoms with Crippen molar-refractivity contribution in [3.63, 3.8) is 0 Å². The van der Waals surface area contributed by atoms with Crippen LogP contribution in [0.2, 0.25) is 0 Å². The molecule has 0 atom stereocenters. The van der Waals surface area contributed by atoms with Crippen molar-refractivity contribution in [2.45, 2.75) is 39.7 Å². The SMILES string of the molecule is Cc1noc2nc(C(C)C)cc(C(=O)NCCCN(C)Cc3ccccc3)c12. The second-order valence-electron chi connectivity index (χ2n) is 7.53. The maximum Gasteiger partial charge on any atom is 0.259 e. The summed E-state index contributed by atoms with van der Waals surface area (Å²) in [5.41, 5.74) is 3.82. The summed E-state index contributed by atoms with van der Waals surface area (Å²) in [7, 11) is 2.09. The number of hydrogen-bond donors (Lipinski definition) is 1. The van der Waals surface area contributed by atoms with Gasteiger partial charge >= 0.3 is 0 Å². The van der Waals surface area contributed by atoms with Gasteiger partial charge in [0.2, 0.25) is 0 Å². The van der Waals surface area contributed by atoms with E-state index in [1.807, 2.05) is 32.9 Å². The minimum absolute atomic E-state index is 0.105. The van der Waals surface area contributed by atoms with Crippen molar-refractivity contribution < 1.29 is 9.32 Å². The van der Waals surface area contributed by atoms with Crippen LogP contribution in [0.1, 0.15) is 53.5 Å². The minimum atomic E-state index is -0.105. The van der Waals surface area contributed by atoms with Crippen LogP contribution < -0.4 is 5.32 Å². The number of benzene rings is 1. The molecule has 2 aromatic heterocycles. The lowest BCUT2D eigenvalue weighted by Gasteiger charge is -2.17. The molecule has 3 rings (SSSR count). The van der Waals surface area contributed by atoms with Gasteiger partial charge in [-0.25, -0.2) is 4.98 Å². The molecular weight excluding hydrogens is 352 g/mol. The molecule has 0 saturated carbocycles. The van der Waals surface area contributed by atoms with Crippen LogP contribution in [0.4, 0.5) is 0 Å². The normalized spacial score (nSPS) is 11.5. The number of nitrogens with one attached hydrogen (secondary N) is 1. The summed E-state index contributed by atoms with van der Waals surface area (Å²) in [4.78, 5) is 19.5. The summed E-state index contributed by atoms with van der Waals surface area (Å²) >= 11 is 0. The molecule has 0 radical (unpaired) electrons. The molecular formula is C22H28N4O2. The molecule has 1 aromatic carbocycles. The Morgan fingerprint density at radius 2 is 2.00 bits per heavy atom. The molecule has 0 aliphatic carbocycles. The Morgan fingerprint density at radius 3 is 2.71 bits per heavy atom. The summed E-state index contributed by atoms with van der Waals surface area (Å²) in [5.74, 6) is 0.0966. The average Bonchev–Trinajstić information content (AvgIpc) is 3.06. The maximum absolute atomic E-state index is 12.8. The number of carbonyl (C=O) groups is 1. The lowest BCUT2D eigenvalue weighted by molar-refractivity contribution is 0.0953. The zero-order chi connectivity index (χ0) is 20.1. The van der Waals surface area contributed by atoms with E-state index in [2.05, 4.69) is 51.7 Å². The van der Waals surface area contributed by atoms with Crippen molar-refractivity contribution in [1.82, 2.24) is 20.4 Å². The van der Waals surface area contributed by atoms with Gasteiger partial charge in [-0.1, -0.05) is 49.3 Å². The second-order valence-corrected chi connectivity index (χ2v) is 7.53. The lowest BCUT2D eigenvalue weighted by Crippen LogP contribution is -2.28. The first-order valence-corrected chi connectivity index (χ1v) is 9.73. The lowest BCUT2D eigenvalue weighted by atomic mass is 10.0. The summed E-state index contributed by atoms with van der Waals surface area (Å²) in [6.45, 7) is 8.34. The maximum atomic E-state index is 12.8. The summed E-state index contributed by atoms with van der Waals surface area (Å²) < 4.78 is 5.30. The number of hydrogen-bond acceptors (Lipinski definition) is 5. The van der Waals surface area contributed by atoms with Crippen molar-refractivity contribution in [2.24, 2.45) is 0 Å². The molecule has 0 aliphatic heterocycles. The van der Waals surface area contributed by atoms with E-state index in [0.717, 1.165) is 25.2 Å². The predicted molar refractivity (Wildman–Crippen MR) is 110 cm³/mol. The van der Waals surface area contributed by atoms with Crippen molar-refractivity contribution in [1.29, 1.82) is 0 Å². The van der Waals surface area contributed by atoms with E-state index in [9.17, 15) is 4.79 Å². The monoisotopic (exact) mass is 380 g/mol. The fraction of sp³-hybridized carbons (Fsp3) is 0.409. The van der Waals surface area contributed by atoms with Gasteiger partial charge in [0.15, 0.2) is 0 Å². The molecule has 0 fully saturated rings. The topological polar surface area (TPSA) is 71.3 Å². The van der Waals surface area contributed by atoms with Crippen LogP contribution in [0.3, 0.4) is 0 Å². The van der Waals surface area contributed by atoms with E-state index >= 15 is 0 Å². The first-order chi connectivity index (χ1) is 13.5. The number of aryl methyl sites for hydroxylation is 1. The van der Waals surface area contributed by atoms with Crippen molar-refractivity contribution >= 4 is 17.0 Å². The van der Waals surface area contributed by atoms with Gasteiger partial charge in [0.05, 0.1) is 16.6 Å². The van der Waals surface area contributed by atoms with Crippen LogP contribution in [-0.2, 0) is 6.54 Å². The Morgan fingerprint density at radius 1 is 1.25 bits per heavy atom. The number of aromatic nitrogens is 2. The number of fused-ring (bicyclic) bond motifs is 1. The fourth-order valence-corrected chi connectivity index (χ4v) is 3.21. The molecule has 0 bridgehead atoms. The summed E-state index contributed by atoms with van der Waals surface area (Å²) in [6.07, 6.45) is 0.878. The second kappa shape index (κ2) is 8.97. The third-order valence-electron chi connectivity index (χ3n) is 4.77. The van der Waals surface area contributed by atoms with Crippen molar-refractivity contribution in [3.05, 3.63) is 58.9 Å². The highest BCUT2D eigenvalue weighted by Gasteiger charge is 2.19. The number of carbonyl (C=O) groups excluding carboxylic acids is 1. The molecule has 6 heteroatoms. The van der Waals surface area contributed by atoms with Crippen molar-refractivity contribution in [2.75, 3.05) is 20.1 Å². The zero-order valence-corrected chi connectivity index (χ0v) is 17.0. The summed E-state index contributed by atoms with van der Waals surface area (Å²) in [6, 6.07) is 12.2. The van der Waals surface area contributed by atoms with Gasteiger partial charge in [-0.05, 0) is 44.5 Å². The van der Waals surface area contributed by atoms with E-state index in [1.165, 1.54) is 5.56 Å². The smallest absolute Gasteiger partial charge is 0.259 e. The highest BCUT2D eigenvalue weighted by molar-refractivity contribution is 6.06. The molecule has 28 heavy (non-hydrogen) atoms. The van der Waals surface area contributed by atoms with Gasteiger partial charge in [-0.3, -0.25) is 4.79 Å². The quantitative estimate of drug-likeness (QED) is 0.600.